The van der Waals surface area contributed by atoms with E-state index < -0.39 is 20.0 Å². The summed E-state index contributed by atoms with van der Waals surface area (Å²) in [6.45, 7) is 4.77. The highest BCUT2D eigenvalue weighted by molar-refractivity contribution is 7.47. The summed E-state index contributed by atoms with van der Waals surface area (Å²) < 4.78 is 23.5. The number of aliphatic hydroxyl groups is 1. The van der Waals surface area contributed by atoms with Gasteiger partial charge < -0.3 is 19.8 Å². The maximum Gasteiger partial charge on any atom is 0.472 e. The first-order valence-electron chi connectivity index (χ1n) is 23.4. The van der Waals surface area contributed by atoms with E-state index in [0.717, 1.165) is 51.4 Å². The van der Waals surface area contributed by atoms with Gasteiger partial charge in [-0.25, -0.2) is 4.57 Å². The zero-order chi connectivity index (χ0) is 41.4. The van der Waals surface area contributed by atoms with Crippen molar-refractivity contribution in [3.63, 3.8) is 0 Å². The Morgan fingerprint density at radius 3 is 1.45 bits per heavy atom. The summed E-state index contributed by atoms with van der Waals surface area (Å²) in [6, 6.07) is -0.865. The largest absolute Gasteiger partial charge is 0.472 e. The van der Waals surface area contributed by atoms with Gasteiger partial charge in [-0.05, 0) is 57.8 Å². The van der Waals surface area contributed by atoms with Gasteiger partial charge in [-0.15, -0.1) is 0 Å². The maximum atomic E-state index is 12.8. The van der Waals surface area contributed by atoms with Crippen LogP contribution >= 0.6 is 7.82 Å². The van der Waals surface area contributed by atoms with Gasteiger partial charge in [0.15, 0.2) is 0 Å². The van der Waals surface area contributed by atoms with Gasteiger partial charge in [0.25, 0.3) is 0 Å². The third kappa shape index (κ3) is 40.9. The van der Waals surface area contributed by atoms with Gasteiger partial charge in [0, 0.05) is 6.42 Å². The van der Waals surface area contributed by atoms with Crippen LogP contribution < -0.4 is 5.32 Å². The van der Waals surface area contributed by atoms with Crippen molar-refractivity contribution in [3.05, 3.63) is 36.5 Å². The molecule has 0 bridgehead atoms. The van der Waals surface area contributed by atoms with Crippen LogP contribution in [0.15, 0.2) is 36.5 Å². The van der Waals surface area contributed by atoms with Crippen LogP contribution in [0.4, 0.5) is 0 Å². The van der Waals surface area contributed by atoms with Crippen LogP contribution in [0.3, 0.4) is 0 Å². The number of quaternary nitrogens is 1. The number of allylic oxidation sites excluding steroid dienone is 5. The number of nitrogens with one attached hydrogen (secondary N) is 1. The normalized spacial score (nSPS) is 14.6. The predicted molar refractivity (Wildman–Crippen MR) is 240 cm³/mol. The van der Waals surface area contributed by atoms with Crippen LogP contribution in [0.25, 0.3) is 0 Å². The molecule has 0 heterocycles. The first-order valence-corrected chi connectivity index (χ1v) is 24.9. The molecule has 0 aliphatic heterocycles. The average molecular weight is 812 g/mol. The molecule has 0 saturated heterocycles. The summed E-state index contributed by atoms with van der Waals surface area (Å²) in [5, 5.41) is 13.8. The van der Waals surface area contributed by atoms with Gasteiger partial charge >= 0.3 is 7.82 Å². The summed E-state index contributed by atoms with van der Waals surface area (Å²) >= 11 is 0. The zero-order valence-corrected chi connectivity index (χ0v) is 38.3. The summed E-state index contributed by atoms with van der Waals surface area (Å²) in [5.41, 5.74) is 0. The second kappa shape index (κ2) is 39.2. The number of nitrogens with zero attached hydrogens (tertiary/aromatic N) is 1. The average Bonchev–Trinajstić information content (AvgIpc) is 3.15. The van der Waals surface area contributed by atoms with E-state index >= 15 is 0 Å². The van der Waals surface area contributed by atoms with E-state index in [4.69, 9.17) is 9.05 Å². The molecule has 0 radical (unpaired) electrons. The van der Waals surface area contributed by atoms with Crippen LogP contribution in [-0.4, -0.2) is 73.4 Å². The number of carbonyl (C=O) groups excluding carboxylic acids is 1. The van der Waals surface area contributed by atoms with E-state index in [1.54, 1.807) is 6.08 Å². The topological polar surface area (TPSA) is 105 Å². The number of amides is 1. The summed E-state index contributed by atoms with van der Waals surface area (Å²) in [5.74, 6) is -0.197. The van der Waals surface area contributed by atoms with Crippen LogP contribution in [0.1, 0.15) is 206 Å². The lowest BCUT2D eigenvalue weighted by Crippen LogP contribution is -2.45. The van der Waals surface area contributed by atoms with Crippen molar-refractivity contribution >= 4 is 13.7 Å². The van der Waals surface area contributed by atoms with Crippen molar-refractivity contribution in [2.24, 2.45) is 0 Å². The number of likely N-dealkylation sites (N-methyl/N-ethyl adjacent to an activating group) is 1. The fraction of sp³-hybridized carbons (Fsp3) is 0.851. The number of hydrogen-bond acceptors (Lipinski definition) is 5. The Kier molecular flexibility index (Phi) is 38.3. The zero-order valence-electron chi connectivity index (χ0n) is 37.4. The molecule has 56 heavy (non-hydrogen) atoms. The minimum atomic E-state index is -4.35. The molecule has 1 amide bonds. The Labute approximate surface area is 347 Å². The Balaban J connectivity index is 4.41. The monoisotopic (exact) mass is 812 g/mol. The molecule has 8 nitrogen and oxygen atoms in total. The van der Waals surface area contributed by atoms with Gasteiger partial charge in [0.1, 0.15) is 13.2 Å². The molecular formula is C47H92N2O6P+. The Hall–Kier alpha value is -1.28. The SMILES string of the molecule is CCCCCC/C=C\CCCCCCCC(=O)NC(COP(=O)(O)OCC[N+](C)(C)C)C(O)/C=C/CC/C=C/CCCCCCCCCCCCCCCCC. The lowest BCUT2D eigenvalue weighted by molar-refractivity contribution is -0.870. The van der Waals surface area contributed by atoms with E-state index in [1.165, 1.54) is 135 Å². The molecule has 0 aromatic rings. The van der Waals surface area contributed by atoms with Crippen molar-refractivity contribution in [2.75, 3.05) is 40.9 Å². The molecule has 0 saturated carbocycles. The molecule has 0 aromatic heterocycles. The smallest absolute Gasteiger partial charge is 0.387 e. The Morgan fingerprint density at radius 2 is 0.982 bits per heavy atom. The second-order valence-corrected chi connectivity index (χ2v) is 18.6. The lowest BCUT2D eigenvalue weighted by atomic mass is 10.0. The van der Waals surface area contributed by atoms with E-state index in [-0.39, 0.29) is 19.1 Å². The minimum absolute atomic E-state index is 0.0546. The fourth-order valence-corrected chi connectivity index (χ4v) is 7.32. The summed E-state index contributed by atoms with van der Waals surface area (Å²) in [6.07, 6.45) is 47.9. The van der Waals surface area contributed by atoms with Crippen molar-refractivity contribution in [1.29, 1.82) is 0 Å². The highest BCUT2D eigenvalue weighted by Gasteiger charge is 2.27. The molecule has 3 unspecified atom stereocenters. The number of rotatable bonds is 42. The van der Waals surface area contributed by atoms with Crippen LogP contribution in [-0.2, 0) is 18.4 Å². The number of unbranched alkanes of at least 4 members (excludes halogenated alkanes) is 25. The molecule has 9 heteroatoms. The first-order chi connectivity index (χ1) is 27.0. The van der Waals surface area contributed by atoms with Gasteiger partial charge in [-0.3, -0.25) is 13.8 Å². The third-order valence-electron chi connectivity index (χ3n) is 10.3. The van der Waals surface area contributed by atoms with E-state index in [2.05, 4.69) is 43.5 Å². The van der Waals surface area contributed by atoms with Crippen molar-refractivity contribution in [1.82, 2.24) is 5.32 Å². The number of phosphoric ester groups is 1. The van der Waals surface area contributed by atoms with E-state index in [0.29, 0.717) is 17.4 Å². The number of carbonyl (C=O) groups is 1. The van der Waals surface area contributed by atoms with Gasteiger partial charge in [0.2, 0.25) is 5.91 Å². The fourth-order valence-electron chi connectivity index (χ4n) is 6.58. The second-order valence-electron chi connectivity index (χ2n) is 17.1. The Morgan fingerprint density at radius 1 is 0.589 bits per heavy atom. The van der Waals surface area contributed by atoms with E-state index in [1.807, 2.05) is 27.2 Å². The highest BCUT2D eigenvalue weighted by atomic mass is 31.2. The molecule has 0 spiro atoms. The van der Waals surface area contributed by atoms with Crippen LogP contribution in [0.5, 0.6) is 0 Å². The molecular weight excluding hydrogens is 719 g/mol. The van der Waals surface area contributed by atoms with Gasteiger partial charge in [-0.2, -0.15) is 0 Å². The van der Waals surface area contributed by atoms with E-state index in [9.17, 15) is 19.4 Å². The predicted octanol–water partition coefficient (Wildman–Crippen LogP) is 13.1. The van der Waals surface area contributed by atoms with Crippen LogP contribution in [0, 0.1) is 0 Å². The molecule has 330 valence electrons. The molecule has 0 fully saturated rings. The number of hydrogen-bond donors (Lipinski definition) is 3. The minimum Gasteiger partial charge on any atom is -0.387 e. The molecule has 3 atom stereocenters. The van der Waals surface area contributed by atoms with Crippen LogP contribution in [0.2, 0.25) is 0 Å². The van der Waals surface area contributed by atoms with Gasteiger partial charge in [0.05, 0.1) is 39.9 Å². The molecule has 0 aromatic carbocycles. The maximum absolute atomic E-state index is 12.8. The summed E-state index contributed by atoms with van der Waals surface area (Å²) in [4.78, 5) is 23.1. The molecule has 0 rings (SSSR count). The Bertz CT molecular complexity index is 1010. The lowest BCUT2D eigenvalue weighted by Gasteiger charge is -2.25. The third-order valence-corrected chi connectivity index (χ3v) is 11.3. The number of aliphatic hydroxyl groups excluding tert-OH is 1. The molecule has 0 aliphatic rings. The molecule has 3 N–H and O–H groups in total. The van der Waals surface area contributed by atoms with Crippen molar-refractivity contribution in [3.8, 4) is 0 Å². The molecule has 0 aliphatic carbocycles. The quantitative estimate of drug-likeness (QED) is 0.0245. The van der Waals surface area contributed by atoms with Gasteiger partial charge in [-0.1, -0.05) is 179 Å². The van der Waals surface area contributed by atoms with Crippen molar-refractivity contribution in [2.45, 2.75) is 219 Å². The van der Waals surface area contributed by atoms with Crippen molar-refractivity contribution < 1.29 is 32.9 Å². The first kappa shape index (κ1) is 54.7. The summed E-state index contributed by atoms with van der Waals surface area (Å²) in [7, 11) is 1.55. The standard InChI is InChI=1S/C47H91N2O6P/c1-6-8-10-12-14-16-18-20-21-22-23-24-25-26-27-29-30-32-34-36-38-40-46(50)45(44-55-56(52,53)54-43-42-49(3,4)5)48-47(51)41-39-37-35-33-31-28-19-17-15-13-11-9-7-2/h17,19,30,32,38,40,45-46,50H,6-16,18,20-29,31,33-37,39,41-44H2,1-5H3,(H-,48,51,52,53)/p+1/b19-17-,32-30+,40-38+. The highest BCUT2D eigenvalue weighted by Crippen LogP contribution is 2.43. The number of phosphoric acid groups is 1.